The quantitative estimate of drug-likeness (QED) is 0.625. The van der Waals surface area contributed by atoms with E-state index in [1.807, 2.05) is 0 Å². The van der Waals surface area contributed by atoms with Crippen LogP contribution in [0.5, 0.6) is 0 Å². The van der Waals surface area contributed by atoms with Gasteiger partial charge in [0.05, 0.1) is 18.2 Å². The Kier molecular flexibility index (Phi) is 7.21. The molecule has 1 aliphatic carbocycles. The molecule has 3 fully saturated rings. The van der Waals surface area contributed by atoms with Crippen LogP contribution >= 0.6 is 0 Å². The Morgan fingerprint density at radius 2 is 2.03 bits per heavy atom. The molecule has 1 aromatic carbocycles. The minimum Gasteiger partial charge on any atom is -0.379 e. The highest BCUT2D eigenvalue weighted by molar-refractivity contribution is 6.01. The second-order valence-corrected chi connectivity index (χ2v) is 11.1. The number of halogens is 1. The van der Waals surface area contributed by atoms with Crippen molar-refractivity contribution in [1.82, 2.24) is 15.5 Å². The first-order valence-electron chi connectivity index (χ1n) is 13.3. The van der Waals surface area contributed by atoms with E-state index in [-0.39, 0.29) is 41.9 Å². The zero-order chi connectivity index (χ0) is 25.4. The molecule has 1 aromatic rings. The van der Waals surface area contributed by atoms with Crippen LogP contribution in [0.15, 0.2) is 24.4 Å². The van der Waals surface area contributed by atoms with Gasteiger partial charge in [0.15, 0.2) is 0 Å². The third-order valence-electron chi connectivity index (χ3n) is 8.69. The Morgan fingerprint density at radius 3 is 2.75 bits per heavy atom. The number of nitrogens with one attached hydrogen (secondary N) is 2. The van der Waals surface area contributed by atoms with Gasteiger partial charge in [-0.2, -0.15) is 0 Å². The molecule has 2 saturated heterocycles. The van der Waals surface area contributed by atoms with Crippen molar-refractivity contribution in [2.45, 2.75) is 101 Å². The molecule has 0 bridgehead atoms. The molecule has 1 unspecified atom stereocenters. The molecule has 5 rings (SSSR count). The van der Waals surface area contributed by atoms with Gasteiger partial charge in [-0.3, -0.25) is 9.59 Å². The van der Waals surface area contributed by atoms with Gasteiger partial charge in [0.25, 0.3) is 5.91 Å². The SMILES string of the molecule is C=C1CCC(N2Cc3c(ccc(C[C@H]4OCCC[C@@H]4N[C@H]4CC[C@](C)(OC)CC4)c3F)C2=O)C(=O)N1. The number of ether oxygens (including phenoxy) is 2. The number of carbonyl (C=O) groups excluding carboxylic acids is 2. The Balaban J connectivity index is 1.27. The van der Waals surface area contributed by atoms with E-state index in [1.165, 1.54) is 4.90 Å². The van der Waals surface area contributed by atoms with Crippen molar-refractivity contribution in [3.05, 3.63) is 46.9 Å². The highest BCUT2D eigenvalue weighted by atomic mass is 19.1. The third kappa shape index (κ3) is 4.95. The van der Waals surface area contributed by atoms with Crippen LogP contribution in [0.4, 0.5) is 4.39 Å². The molecule has 7 nitrogen and oxygen atoms in total. The number of hydrogen-bond acceptors (Lipinski definition) is 5. The zero-order valence-electron chi connectivity index (χ0n) is 21.4. The number of rotatable bonds is 6. The second kappa shape index (κ2) is 10.2. The minimum absolute atomic E-state index is 0.0359. The number of carbonyl (C=O) groups is 2. The summed E-state index contributed by atoms with van der Waals surface area (Å²) in [6, 6.07) is 3.42. The summed E-state index contributed by atoms with van der Waals surface area (Å²) in [7, 11) is 1.79. The fraction of sp³-hybridized carbons (Fsp3) is 0.643. The van der Waals surface area contributed by atoms with Crippen molar-refractivity contribution in [3.8, 4) is 0 Å². The van der Waals surface area contributed by atoms with Crippen molar-refractivity contribution in [1.29, 1.82) is 0 Å². The summed E-state index contributed by atoms with van der Waals surface area (Å²) in [4.78, 5) is 27.0. The van der Waals surface area contributed by atoms with Crippen LogP contribution in [0.25, 0.3) is 0 Å². The molecule has 8 heteroatoms. The van der Waals surface area contributed by atoms with E-state index < -0.39 is 6.04 Å². The van der Waals surface area contributed by atoms with E-state index in [1.54, 1.807) is 19.2 Å². The van der Waals surface area contributed by atoms with Crippen molar-refractivity contribution >= 4 is 11.8 Å². The molecule has 2 amide bonds. The highest BCUT2D eigenvalue weighted by Crippen LogP contribution is 2.34. The third-order valence-corrected chi connectivity index (χ3v) is 8.69. The first-order valence-corrected chi connectivity index (χ1v) is 13.3. The first kappa shape index (κ1) is 25.4. The molecule has 0 aromatic heterocycles. The number of benzene rings is 1. The summed E-state index contributed by atoms with van der Waals surface area (Å²) in [5.74, 6) is -0.867. The van der Waals surface area contributed by atoms with Gasteiger partial charge in [0.1, 0.15) is 11.9 Å². The Morgan fingerprint density at radius 1 is 1.25 bits per heavy atom. The summed E-state index contributed by atoms with van der Waals surface area (Å²) in [5.41, 5.74) is 1.94. The van der Waals surface area contributed by atoms with Crippen LogP contribution < -0.4 is 10.6 Å². The van der Waals surface area contributed by atoms with Gasteiger partial charge < -0.3 is 25.0 Å². The minimum atomic E-state index is -0.594. The summed E-state index contributed by atoms with van der Waals surface area (Å²) in [5, 5.41) is 6.54. The van der Waals surface area contributed by atoms with Crippen LogP contribution in [0, 0.1) is 5.82 Å². The molecule has 3 aliphatic heterocycles. The van der Waals surface area contributed by atoms with Gasteiger partial charge in [0, 0.05) is 49.0 Å². The van der Waals surface area contributed by atoms with E-state index in [9.17, 15) is 9.59 Å². The zero-order valence-corrected chi connectivity index (χ0v) is 21.4. The fourth-order valence-electron chi connectivity index (χ4n) is 6.24. The summed E-state index contributed by atoms with van der Waals surface area (Å²) >= 11 is 0. The smallest absolute Gasteiger partial charge is 0.255 e. The Hall–Kier alpha value is -2.29. The van der Waals surface area contributed by atoms with Crippen molar-refractivity contribution in [3.63, 3.8) is 0 Å². The summed E-state index contributed by atoms with van der Waals surface area (Å²) < 4.78 is 27.6. The lowest BCUT2D eigenvalue weighted by molar-refractivity contribution is -0.126. The highest BCUT2D eigenvalue weighted by Gasteiger charge is 2.40. The van der Waals surface area contributed by atoms with Crippen molar-refractivity contribution < 1.29 is 23.5 Å². The molecule has 196 valence electrons. The molecule has 1 saturated carbocycles. The lowest BCUT2D eigenvalue weighted by atomic mass is 9.82. The number of amides is 2. The van der Waals surface area contributed by atoms with E-state index in [2.05, 4.69) is 24.1 Å². The molecule has 36 heavy (non-hydrogen) atoms. The van der Waals surface area contributed by atoms with E-state index >= 15 is 4.39 Å². The number of nitrogens with zero attached hydrogens (tertiary/aromatic N) is 1. The van der Waals surface area contributed by atoms with Crippen molar-refractivity contribution in [2.24, 2.45) is 0 Å². The molecule has 4 aliphatic rings. The van der Waals surface area contributed by atoms with Gasteiger partial charge in [-0.15, -0.1) is 0 Å². The normalized spacial score (nSPS) is 33.0. The lowest BCUT2D eigenvalue weighted by Crippen LogP contribution is -2.51. The number of piperidine rings is 1. The van der Waals surface area contributed by atoms with Crippen molar-refractivity contribution in [2.75, 3.05) is 13.7 Å². The number of methoxy groups -OCH3 is 1. The van der Waals surface area contributed by atoms with Crippen LogP contribution in [0.1, 0.15) is 79.8 Å². The maximum atomic E-state index is 15.7. The summed E-state index contributed by atoms with van der Waals surface area (Å²) in [6.07, 6.45) is 7.61. The average molecular weight is 500 g/mol. The molecule has 0 radical (unpaired) electrons. The van der Waals surface area contributed by atoms with E-state index in [0.717, 1.165) is 38.5 Å². The maximum absolute atomic E-state index is 15.7. The largest absolute Gasteiger partial charge is 0.379 e. The fourth-order valence-corrected chi connectivity index (χ4v) is 6.24. The topological polar surface area (TPSA) is 79.9 Å². The van der Waals surface area contributed by atoms with Crippen LogP contribution in [-0.2, 0) is 27.2 Å². The maximum Gasteiger partial charge on any atom is 0.255 e. The van der Waals surface area contributed by atoms with Gasteiger partial charge in [0.2, 0.25) is 5.91 Å². The molecule has 0 spiro atoms. The van der Waals surface area contributed by atoms with Crippen LogP contribution in [-0.4, -0.2) is 60.3 Å². The van der Waals surface area contributed by atoms with Gasteiger partial charge in [-0.05, 0) is 69.9 Å². The Bertz CT molecular complexity index is 1040. The van der Waals surface area contributed by atoms with E-state index in [0.29, 0.717) is 54.3 Å². The lowest BCUT2D eigenvalue weighted by Gasteiger charge is -2.40. The molecular weight excluding hydrogens is 461 g/mol. The standard InChI is InChI=1S/C28H38FN3O4/c1-17-6-9-23(26(33)30-17)32-16-21-20(27(32)34)8-7-18(25(21)29)15-24-22(5-4-14-36-24)31-19-10-12-28(2,35-3)13-11-19/h7-8,19,22-24,31H,1,4-6,9-16H2,2-3H3,(H,30,33)/t19-,22-,23?,24+,28-/m0/s1. The van der Waals surface area contributed by atoms with Gasteiger partial charge in [-0.1, -0.05) is 12.6 Å². The van der Waals surface area contributed by atoms with E-state index in [4.69, 9.17) is 9.47 Å². The molecular formula is C28H38FN3O4. The Labute approximate surface area is 212 Å². The van der Waals surface area contributed by atoms with Gasteiger partial charge >= 0.3 is 0 Å². The second-order valence-electron chi connectivity index (χ2n) is 11.1. The van der Waals surface area contributed by atoms with Crippen LogP contribution in [0.3, 0.4) is 0 Å². The molecule has 2 N–H and O–H groups in total. The molecule has 3 atom stereocenters. The van der Waals surface area contributed by atoms with Gasteiger partial charge in [-0.25, -0.2) is 4.39 Å². The average Bonchev–Trinajstić information content (AvgIpc) is 3.20. The monoisotopic (exact) mass is 499 g/mol. The predicted molar refractivity (Wildman–Crippen MR) is 134 cm³/mol. The molecule has 3 heterocycles. The number of fused-ring (bicyclic) bond motifs is 1. The number of hydrogen-bond donors (Lipinski definition) is 2. The predicted octanol–water partition coefficient (Wildman–Crippen LogP) is 3.60. The first-order chi connectivity index (χ1) is 17.3. The van der Waals surface area contributed by atoms with Crippen LogP contribution in [0.2, 0.25) is 0 Å². The number of allylic oxidation sites excluding steroid dienone is 1. The summed E-state index contributed by atoms with van der Waals surface area (Å²) in [6.45, 7) is 6.77.